The summed E-state index contributed by atoms with van der Waals surface area (Å²) in [4.78, 5) is 15.0. The lowest BCUT2D eigenvalue weighted by Gasteiger charge is -2.34. The van der Waals surface area contributed by atoms with Gasteiger partial charge in [-0.1, -0.05) is 0 Å². The summed E-state index contributed by atoms with van der Waals surface area (Å²) in [5.74, 6) is 2.63. The maximum absolute atomic E-state index is 5.63. The Morgan fingerprint density at radius 1 is 1.14 bits per heavy atom. The van der Waals surface area contributed by atoms with E-state index in [4.69, 9.17) is 9.72 Å². The number of aromatic nitrogens is 6. The molecule has 1 fully saturated rings. The van der Waals surface area contributed by atoms with Gasteiger partial charge in [0.2, 0.25) is 0 Å². The lowest BCUT2D eigenvalue weighted by molar-refractivity contribution is 0.0985. The van der Waals surface area contributed by atoms with E-state index in [1.807, 2.05) is 38.4 Å². The van der Waals surface area contributed by atoms with E-state index in [2.05, 4.69) is 48.7 Å². The Morgan fingerprint density at radius 2 is 1.97 bits per heavy atom. The second-order valence-electron chi connectivity index (χ2n) is 7.41. The molecule has 1 atom stereocenters. The molecule has 5 heterocycles. The second-order valence-corrected chi connectivity index (χ2v) is 7.41. The van der Waals surface area contributed by atoms with Crippen LogP contribution in [-0.4, -0.2) is 55.5 Å². The number of rotatable bonds is 3. The largest absolute Gasteiger partial charge is 0.377 e. The van der Waals surface area contributed by atoms with Crippen LogP contribution >= 0.6 is 0 Å². The van der Waals surface area contributed by atoms with E-state index in [0.717, 1.165) is 52.0 Å². The van der Waals surface area contributed by atoms with Crippen molar-refractivity contribution in [1.29, 1.82) is 0 Å². The standard InChI is InChI=1S/C21H23N7O/c1-13-12-29-9-8-27(13)20-11-16(28-14(2)25-26-15(28)3)10-19(24-20)17-4-6-22-21-18(17)5-7-23-21/h4-7,10-11,13H,8-9,12H2,1-3H3,(H,22,23)/t13-/m1/s1. The molecule has 4 aromatic heterocycles. The third-order valence-electron chi connectivity index (χ3n) is 5.44. The van der Waals surface area contributed by atoms with Crippen molar-refractivity contribution in [1.82, 2.24) is 29.7 Å². The molecule has 1 aliphatic heterocycles. The van der Waals surface area contributed by atoms with Gasteiger partial charge in [0, 0.05) is 36.0 Å². The molecule has 0 radical (unpaired) electrons. The van der Waals surface area contributed by atoms with Crippen molar-refractivity contribution >= 4 is 16.9 Å². The van der Waals surface area contributed by atoms with Crippen LogP contribution in [0.1, 0.15) is 18.6 Å². The SMILES string of the molecule is Cc1nnc(C)n1-c1cc(-c2ccnc3[nH]ccc23)nc(N2CCOC[C@H]2C)c1. The fourth-order valence-corrected chi connectivity index (χ4v) is 4.01. The zero-order valence-electron chi connectivity index (χ0n) is 16.8. The van der Waals surface area contributed by atoms with Gasteiger partial charge in [-0.15, -0.1) is 10.2 Å². The van der Waals surface area contributed by atoms with E-state index < -0.39 is 0 Å². The maximum atomic E-state index is 5.63. The van der Waals surface area contributed by atoms with E-state index in [1.165, 1.54) is 0 Å². The third kappa shape index (κ3) is 3.05. The van der Waals surface area contributed by atoms with Gasteiger partial charge >= 0.3 is 0 Å². The van der Waals surface area contributed by atoms with Crippen molar-refractivity contribution in [3.8, 4) is 16.9 Å². The molecule has 1 N–H and O–H groups in total. The monoisotopic (exact) mass is 389 g/mol. The molecule has 0 aromatic carbocycles. The quantitative estimate of drug-likeness (QED) is 0.580. The van der Waals surface area contributed by atoms with Gasteiger partial charge in [-0.3, -0.25) is 4.57 Å². The summed E-state index contributed by atoms with van der Waals surface area (Å²) < 4.78 is 7.69. The highest BCUT2D eigenvalue weighted by Crippen LogP contribution is 2.31. The Labute approximate surface area is 168 Å². The molecule has 0 bridgehead atoms. The minimum Gasteiger partial charge on any atom is -0.377 e. The minimum absolute atomic E-state index is 0.257. The normalized spacial score (nSPS) is 17.2. The molecular weight excluding hydrogens is 366 g/mol. The average Bonchev–Trinajstić information content (AvgIpc) is 3.34. The average molecular weight is 389 g/mol. The molecule has 0 aliphatic carbocycles. The number of H-pyrrole nitrogens is 1. The fourth-order valence-electron chi connectivity index (χ4n) is 4.01. The lowest BCUT2D eigenvalue weighted by Crippen LogP contribution is -2.44. The van der Waals surface area contributed by atoms with Crippen LogP contribution in [0.15, 0.2) is 36.7 Å². The summed E-state index contributed by atoms with van der Waals surface area (Å²) in [6.07, 6.45) is 3.72. The van der Waals surface area contributed by atoms with E-state index in [1.54, 1.807) is 0 Å². The molecule has 1 aliphatic rings. The Bertz CT molecular complexity index is 1160. The molecule has 5 rings (SSSR count). The molecule has 0 spiro atoms. The Kier molecular flexibility index (Phi) is 4.28. The van der Waals surface area contributed by atoms with Gasteiger partial charge in [0.25, 0.3) is 0 Å². The van der Waals surface area contributed by atoms with Crippen LogP contribution in [0.5, 0.6) is 0 Å². The molecule has 0 saturated carbocycles. The Balaban J connectivity index is 1.73. The van der Waals surface area contributed by atoms with Gasteiger partial charge in [-0.05, 0) is 39.0 Å². The van der Waals surface area contributed by atoms with Gasteiger partial charge in [-0.25, -0.2) is 9.97 Å². The van der Waals surface area contributed by atoms with Crippen molar-refractivity contribution in [2.45, 2.75) is 26.8 Å². The highest BCUT2D eigenvalue weighted by molar-refractivity contribution is 5.92. The molecule has 8 nitrogen and oxygen atoms in total. The van der Waals surface area contributed by atoms with Crippen LogP contribution in [0.3, 0.4) is 0 Å². The maximum Gasteiger partial charge on any atom is 0.137 e. The summed E-state index contributed by atoms with van der Waals surface area (Å²) in [6, 6.07) is 8.52. The predicted molar refractivity (Wildman–Crippen MR) is 111 cm³/mol. The number of aryl methyl sites for hydroxylation is 2. The zero-order chi connectivity index (χ0) is 20.0. The smallest absolute Gasteiger partial charge is 0.137 e. The number of aromatic amines is 1. The Hall–Kier alpha value is -3.26. The molecule has 1 saturated heterocycles. The Morgan fingerprint density at radius 3 is 2.76 bits per heavy atom. The first-order valence-electron chi connectivity index (χ1n) is 9.80. The van der Waals surface area contributed by atoms with Crippen LogP contribution in [0.25, 0.3) is 28.0 Å². The van der Waals surface area contributed by atoms with Crippen LogP contribution in [0.2, 0.25) is 0 Å². The molecule has 4 aromatic rings. The molecule has 0 unspecified atom stereocenters. The number of hydrogen-bond donors (Lipinski definition) is 1. The van der Waals surface area contributed by atoms with E-state index in [0.29, 0.717) is 13.2 Å². The number of pyridine rings is 2. The number of hydrogen-bond acceptors (Lipinski definition) is 6. The van der Waals surface area contributed by atoms with Crippen LogP contribution in [-0.2, 0) is 4.74 Å². The molecule has 148 valence electrons. The van der Waals surface area contributed by atoms with Crippen molar-refractivity contribution in [2.75, 3.05) is 24.7 Å². The number of morpholine rings is 1. The molecular formula is C21H23N7O. The van der Waals surface area contributed by atoms with Crippen LogP contribution < -0.4 is 4.90 Å². The van der Waals surface area contributed by atoms with E-state index in [9.17, 15) is 0 Å². The second kappa shape index (κ2) is 6.97. The van der Waals surface area contributed by atoms with Crippen LogP contribution in [0, 0.1) is 13.8 Å². The summed E-state index contributed by atoms with van der Waals surface area (Å²) in [5, 5.41) is 9.53. The van der Waals surface area contributed by atoms with Gasteiger partial charge in [0.1, 0.15) is 23.1 Å². The van der Waals surface area contributed by atoms with Crippen molar-refractivity contribution in [3.63, 3.8) is 0 Å². The number of anilines is 1. The number of nitrogens with one attached hydrogen (secondary N) is 1. The van der Waals surface area contributed by atoms with E-state index >= 15 is 0 Å². The number of fused-ring (bicyclic) bond motifs is 1. The lowest BCUT2D eigenvalue weighted by atomic mass is 10.1. The van der Waals surface area contributed by atoms with Crippen molar-refractivity contribution in [3.05, 3.63) is 48.3 Å². The predicted octanol–water partition coefficient (Wildman–Crippen LogP) is 3.05. The van der Waals surface area contributed by atoms with Crippen molar-refractivity contribution < 1.29 is 4.74 Å². The van der Waals surface area contributed by atoms with E-state index in [-0.39, 0.29) is 6.04 Å². The summed E-state index contributed by atoms with van der Waals surface area (Å²) in [7, 11) is 0. The van der Waals surface area contributed by atoms with Gasteiger partial charge < -0.3 is 14.6 Å². The summed E-state index contributed by atoms with van der Waals surface area (Å²) >= 11 is 0. The van der Waals surface area contributed by atoms with Gasteiger partial charge in [0.15, 0.2) is 0 Å². The topological polar surface area (TPSA) is 84.8 Å². The third-order valence-corrected chi connectivity index (χ3v) is 5.44. The first kappa shape index (κ1) is 17.8. The van der Waals surface area contributed by atoms with Crippen LogP contribution in [0.4, 0.5) is 5.82 Å². The molecule has 29 heavy (non-hydrogen) atoms. The zero-order valence-corrected chi connectivity index (χ0v) is 16.8. The minimum atomic E-state index is 0.257. The van der Waals surface area contributed by atoms with Gasteiger partial charge in [-0.2, -0.15) is 0 Å². The highest BCUT2D eigenvalue weighted by atomic mass is 16.5. The van der Waals surface area contributed by atoms with Gasteiger partial charge in [0.05, 0.1) is 30.6 Å². The number of nitrogens with zero attached hydrogens (tertiary/aromatic N) is 6. The highest BCUT2D eigenvalue weighted by Gasteiger charge is 2.22. The fraction of sp³-hybridized carbons (Fsp3) is 0.333. The molecule has 8 heteroatoms. The molecule has 0 amide bonds. The van der Waals surface area contributed by atoms with Crippen molar-refractivity contribution in [2.24, 2.45) is 0 Å². The number of ether oxygens (including phenoxy) is 1. The first-order valence-corrected chi connectivity index (χ1v) is 9.80. The first-order chi connectivity index (χ1) is 14.1. The summed E-state index contributed by atoms with van der Waals surface area (Å²) in [6.45, 7) is 8.31. The summed E-state index contributed by atoms with van der Waals surface area (Å²) in [5.41, 5.74) is 3.80.